The van der Waals surface area contributed by atoms with E-state index in [1.54, 1.807) is 25.7 Å². The Morgan fingerprint density at radius 2 is 1.24 bits per heavy atom. The van der Waals surface area contributed by atoms with Crippen molar-refractivity contribution in [2.24, 2.45) is 17.6 Å². The monoisotopic (exact) mass is 299 g/mol. The zero-order valence-corrected chi connectivity index (χ0v) is 12.8. The smallest absolute Gasteiger partial charge is 0.321 e. The van der Waals surface area contributed by atoms with Crippen LogP contribution in [-0.4, -0.2) is 28.2 Å². The molecule has 0 spiro atoms. The van der Waals surface area contributed by atoms with Crippen molar-refractivity contribution >= 4 is 11.9 Å². The van der Waals surface area contributed by atoms with Crippen LogP contribution in [0.5, 0.6) is 0 Å². The van der Waals surface area contributed by atoms with E-state index in [0.717, 1.165) is 11.8 Å². The maximum Gasteiger partial charge on any atom is 0.321 e. The molecular weight excluding hydrogens is 270 g/mol. The summed E-state index contributed by atoms with van der Waals surface area (Å²) in [5, 5.41) is 16.0. The van der Waals surface area contributed by atoms with Gasteiger partial charge in [-0.1, -0.05) is 64.2 Å². The SMILES string of the molecule is C1CCC(C2CCCCC2)CC1.NC(CC(=O)O)C(=O)O. The topological polar surface area (TPSA) is 101 Å². The van der Waals surface area contributed by atoms with Crippen LogP contribution in [0.1, 0.15) is 70.6 Å². The number of hydrogen-bond donors (Lipinski definition) is 3. The lowest BCUT2D eigenvalue weighted by Crippen LogP contribution is -2.32. The third-order valence-corrected chi connectivity index (χ3v) is 4.68. The van der Waals surface area contributed by atoms with Crippen molar-refractivity contribution in [3.8, 4) is 0 Å². The Bertz CT molecular complexity index is 304. The number of hydrogen-bond acceptors (Lipinski definition) is 3. The highest BCUT2D eigenvalue weighted by molar-refractivity contribution is 5.80. The fraction of sp³-hybridized carbons (Fsp3) is 0.875. The second kappa shape index (κ2) is 9.77. The second-order valence-electron chi connectivity index (χ2n) is 6.34. The summed E-state index contributed by atoms with van der Waals surface area (Å²) in [5.74, 6) is -0.222. The summed E-state index contributed by atoms with van der Waals surface area (Å²) in [7, 11) is 0. The lowest BCUT2D eigenvalue weighted by atomic mass is 9.73. The van der Waals surface area contributed by atoms with E-state index in [9.17, 15) is 9.59 Å². The molecule has 0 radical (unpaired) electrons. The van der Waals surface area contributed by atoms with Gasteiger partial charge in [0.15, 0.2) is 0 Å². The molecule has 5 heteroatoms. The molecule has 2 rings (SSSR count). The highest BCUT2D eigenvalue weighted by atomic mass is 16.4. The quantitative estimate of drug-likeness (QED) is 0.740. The zero-order chi connectivity index (χ0) is 15.7. The molecule has 21 heavy (non-hydrogen) atoms. The third kappa shape index (κ3) is 7.46. The van der Waals surface area contributed by atoms with Gasteiger partial charge in [-0.05, 0) is 11.8 Å². The molecule has 0 aliphatic heterocycles. The van der Waals surface area contributed by atoms with Gasteiger partial charge >= 0.3 is 11.9 Å². The molecule has 1 atom stereocenters. The summed E-state index contributed by atoms with van der Waals surface area (Å²) >= 11 is 0. The van der Waals surface area contributed by atoms with Crippen LogP contribution in [-0.2, 0) is 9.59 Å². The van der Waals surface area contributed by atoms with Gasteiger partial charge in [-0.15, -0.1) is 0 Å². The minimum atomic E-state index is -1.29. The summed E-state index contributed by atoms with van der Waals surface area (Å²) < 4.78 is 0. The second-order valence-corrected chi connectivity index (χ2v) is 6.34. The maximum absolute atomic E-state index is 9.85. The van der Waals surface area contributed by atoms with E-state index in [1.165, 1.54) is 38.5 Å². The lowest BCUT2D eigenvalue weighted by molar-refractivity contribution is -0.144. The Kier molecular flexibility index (Phi) is 8.35. The first kappa shape index (κ1) is 18.0. The van der Waals surface area contributed by atoms with Crippen LogP contribution in [0.4, 0.5) is 0 Å². The first-order chi connectivity index (χ1) is 10.0. The van der Waals surface area contributed by atoms with Crippen molar-refractivity contribution in [1.82, 2.24) is 0 Å². The molecule has 2 aliphatic carbocycles. The summed E-state index contributed by atoms with van der Waals surface area (Å²) in [6.45, 7) is 0. The first-order valence-corrected chi connectivity index (χ1v) is 8.21. The lowest BCUT2D eigenvalue weighted by Gasteiger charge is -2.32. The Hall–Kier alpha value is -1.10. The number of rotatable bonds is 4. The Morgan fingerprint density at radius 1 is 0.857 bits per heavy atom. The number of nitrogens with two attached hydrogens (primary N) is 1. The number of aliphatic carboxylic acids is 2. The van der Waals surface area contributed by atoms with E-state index >= 15 is 0 Å². The summed E-state index contributed by atoms with van der Waals surface area (Å²) in [6, 6.07) is -1.29. The van der Waals surface area contributed by atoms with E-state index in [4.69, 9.17) is 15.9 Å². The fourth-order valence-electron chi connectivity index (χ4n) is 3.49. The molecule has 0 aromatic heterocycles. The van der Waals surface area contributed by atoms with E-state index in [2.05, 4.69) is 0 Å². The van der Waals surface area contributed by atoms with Crippen LogP contribution in [0.2, 0.25) is 0 Å². The van der Waals surface area contributed by atoms with Gasteiger partial charge < -0.3 is 15.9 Å². The van der Waals surface area contributed by atoms with E-state index in [-0.39, 0.29) is 0 Å². The van der Waals surface area contributed by atoms with Gasteiger partial charge in [0.05, 0.1) is 6.42 Å². The van der Waals surface area contributed by atoms with Gasteiger partial charge in [0.25, 0.3) is 0 Å². The van der Waals surface area contributed by atoms with Gasteiger partial charge in [0, 0.05) is 0 Å². The highest BCUT2D eigenvalue weighted by Crippen LogP contribution is 2.37. The molecule has 0 aromatic carbocycles. The van der Waals surface area contributed by atoms with Crippen molar-refractivity contribution in [2.45, 2.75) is 76.7 Å². The predicted molar refractivity (Wildman–Crippen MR) is 81.0 cm³/mol. The molecule has 122 valence electrons. The Morgan fingerprint density at radius 3 is 1.48 bits per heavy atom. The summed E-state index contributed by atoms with van der Waals surface area (Å²) in [6.07, 6.45) is 14.9. The molecule has 4 N–H and O–H groups in total. The van der Waals surface area contributed by atoms with Crippen molar-refractivity contribution in [3.05, 3.63) is 0 Å². The molecule has 0 aromatic rings. The van der Waals surface area contributed by atoms with Crippen LogP contribution in [0.15, 0.2) is 0 Å². The minimum Gasteiger partial charge on any atom is -0.481 e. The molecule has 0 amide bonds. The van der Waals surface area contributed by atoms with Gasteiger partial charge in [0.2, 0.25) is 0 Å². The standard InChI is InChI=1S/C12H22.C4H7NO4/c1-3-7-11(8-4-1)12-9-5-2-6-10-12;5-2(4(8)9)1-3(6)7/h11-12H,1-10H2;2H,1,5H2,(H,6,7)(H,8,9). The van der Waals surface area contributed by atoms with E-state index in [1.807, 2.05) is 0 Å². The predicted octanol–water partition coefficient (Wildman–Crippen LogP) is 3.02. The van der Waals surface area contributed by atoms with Crippen molar-refractivity contribution in [2.75, 3.05) is 0 Å². The average Bonchev–Trinajstić information content (AvgIpc) is 2.49. The van der Waals surface area contributed by atoms with Gasteiger partial charge in [0.1, 0.15) is 6.04 Å². The molecular formula is C16H29NO4. The molecule has 0 heterocycles. The minimum absolute atomic E-state index is 0.532. The Labute approximate surface area is 126 Å². The number of carbonyl (C=O) groups is 2. The molecule has 0 bridgehead atoms. The zero-order valence-electron chi connectivity index (χ0n) is 12.8. The van der Waals surface area contributed by atoms with Crippen LogP contribution >= 0.6 is 0 Å². The van der Waals surface area contributed by atoms with Crippen LogP contribution < -0.4 is 5.73 Å². The molecule has 0 saturated heterocycles. The van der Waals surface area contributed by atoms with Crippen molar-refractivity contribution in [3.63, 3.8) is 0 Å². The van der Waals surface area contributed by atoms with Crippen LogP contribution in [0.3, 0.4) is 0 Å². The number of carboxylic acid groups (broad SMARTS) is 2. The molecule has 2 fully saturated rings. The fourth-order valence-corrected chi connectivity index (χ4v) is 3.49. The van der Waals surface area contributed by atoms with Crippen molar-refractivity contribution in [1.29, 1.82) is 0 Å². The summed E-state index contributed by atoms with van der Waals surface area (Å²) in [4.78, 5) is 19.6. The summed E-state index contributed by atoms with van der Waals surface area (Å²) in [5.41, 5.74) is 4.84. The molecule has 1 unspecified atom stereocenters. The largest absolute Gasteiger partial charge is 0.481 e. The van der Waals surface area contributed by atoms with Gasteiger partial charge in [-0.2, -0.15) is 0 Å². The first-order valence-electron chi connectivity index (χ1n) is 8.21. The third-order valence-electron chi connectivity index (χ3n) is 4.68. The molecule has 5 nitrogen and oxygen atoms in total. The van der Waals surface area contributed by atoms with Gasteiger partial charge in [-0.3, -0.25) is 9.59 Å². The van der Waals surface area contributed by atoms with Crippen LogP contribution in [0, 0.1) is 11.8 Å². The maximum atomic E-state index is 9.85. The highest BCUT2D eigenvalue weighted by Gasteiger charge is 2.24. The van der Waals surface area contributed by atoms with Crippen molar-refractivity contribution < 1.29 is 19.8 Å². The number of carboxylic acids is 2. The van der Waals surface area contributed by atoms with E-state index < -0.39 is 24.4 Å². The van der Waals surface area contributed by atoms with Gasteiger partial charge in [-0.25, -0.2) is 0 Å². The van der Waals surface area contributed by atoms with E-state index in [0.29, 0.717) is 0 Å². The molecule has 2 saturated carbocycles. The molecule has 2 aliphatic rings. The normalized spacial score (nSPS) is 22.0. The average molecular weight is 299 g/mol. The Balaban J connectivity index is 0.000000222. The van der Waals surface area contributed by atoms with Crippen LogP contribution in [0.25, 0.3) is 0 Å².